The van der Waals surface area contributed by atoms with Crippen LogP contribution in [0, 0.1) is 6.92 Å². The van der Waals surface area contributed by atoms with E-state index in [9.17, 15) is 18.0 Å². The number of esters is 1. The van der Waals surface area contributed by atoms with E-state index in [4.69, 9.17) is 9.47 Å². The Morgan fingerprint density at radius 2 is 1.54 bits per heavy atom. The Kier molecular flexibility index (Phi) is 8.32. The number of sulfonamides is 1. The van der Waals surface area contributed by atoms with Crippen LogP contribution < -0.4 is 19.5 Å². The highest BCUT2D eigenvalue weighted by Crippen LogP contribution is 2.24. The summed E-state index contributed by atoms with van der Waals surface area (Å²) in [6.07, 6.45) is 0. The summed E-state index contributed by atoms with van der Waals surface area (Å²) in [6.45, 7) is 3.79. The molecule has 0 aliphatic carbocycles. The maximum atomic E-state index is 12.8. The Hall–Kier alpha value is -4.05. The summed E-state index contributed by atoms with van der Waals surface area (Å²) < 4.78 is 43.6. The Morgan fingerprint density at radius 3 is 2.14 bits per heavy atom. The Labute approximate surface area is 204 Å². The zero-order valence-electron chi connectivity index (χ0n) is 19.5. The summed E-state index contributed by atoms with van der Waals surface area (Å²) >= 11 is 0. The van der Waals surface area contributed by atoms with Crippen LogP contribution in [0.2, 0.25) is 0 Å². The lowest BCUT2D eigenvalue weighted by Gasteiger charge is -2.13. The first-order chi connectivity index (χ1) is 16.7. The minimum atomic E-state index is -3.82. The molecular weight excluding hydrogens is 472 g/mol. The van der Waals surface area contributed by atoms with Gasteiger partial charge in [0.1, 0.15) is 11.5 Å². The first kappa shape index (κ1) is 25.6. The van der Waals surface area contributed by atoms with Crippen molar-refractivity contribution in [3.8, 4) is 11.5 Å². The number of methoxy groups -OCH3 is 1. The lowest BCUT2D eigenvalue weighted by atomic mass is 10.2. The molecule has 0 heterocycles. The van der Waals surface area contributed by atoms with Crippen LogP contribution in [0.4, 0.5) is 11.4 Å². The number of amides is 1. The number of hydrogen-bond acceptors (Lipinski definition) is 7. The monoisotopic (exact) mass is 498 g/mol. The quantitative estimate of drug-likeness (QED) is 0.406. The topological polar surface area (TPSA) is 120 Å². The maximum absolute atomic E-state index is 12.8. The molecule has 0 unspecified atom stereocenters. The van der Waals surface area contributed by atoms with Crippen molar-refractivity contribution in [2.45, 2.75) is 18.7 Å². The molecule has 3 aromatic rings. The van der Waals surface area contributed by atoms with Crippen molar-refractivity contribution in [3.05, 3.63) is 77.9 Å². The van der Waals surface area contributed by atoms with Crippen LogP contribution in [-0.4, -0.2) is 40.6 Å². The van der Waals surface area contributed by atoms with Gasteiger partial charge < -0.3 is 19.5 Å². The minimum absolute atomic E-state index is 0.0615. The molecule has 0 bridgehead atoms. The number of ether oxygens (including phenoxy) is 3. The maximum Gasteiger partial charge on any atom is 0.337 e. The first-order valence-corrected chi connectivity index (χ1v) is 12.2. The zero-order valence-corrected chi connectivity index (χ0v) is 20.3. The van der Waals surface area contributed by atoms with Crippen molar-refractivity contribution in [1.29, 1.82) is 0 Å². The van der Waals surface area contributed by atoms with Gasteiger partial charge >= 0.3 is 5.97 Å². The standard InChI is InChI=1S/C25H26N2O7S/c1-4-33-21-11-9-20(10-12-21)27-35(30,31)22-13-14-23(17(2)15-22)34-16-24(28)26-19-7-5-18(6-8-19)25(29)32-3/h5-15,27H,4,16H2,1-3H3,(H,26,28). The molecule has 0 aliphatic rings. The first-order valence-electron chi connectivity index (χ1n) is 10.7. The number of carbonyl (C=O) groups is 2. The molecule has 0 radical (unpaired) electrons. The van der Waals surface area contributed by atoms with Gasteiger partial charge in [0.05, 0.1) is 24.2 Å². The third kappa shape index (κ3) is 6.97. The van der Waals surface area contributed by atoms with Gasteiger partial charge in [0.2, 0.25) is 0 Å². The average molecular weight is 499 g/mol. The normalized spacial score (nSPS) is 10.8. The van der Waals surface area contributed by atoms with Gasteiger partial charge in [-0.15, -0.1) is 0 Å². The van der Waals surface area contributed by atoms with Gasteiger partial charge in [0.15, 0.2) is 6.61 Å². The van der Waals surface area contributed by atoms with Crippen LogP contribution >= 0.6 is 0 Å². The molecule has 10 heteroatoms. The van der Waals surface area contributed by atoms with Crippen molar-refractivity contribution in [1.82, 2.24) is 0 Å². The van der Waals surface area contributed by atoms with Crippen LogP contribution in [0.3, 0.4) is 0 Å². The Bertz CT molecular complexity index is 1290. The third-order valence-electron chi connectivity index (χ3n) is 4.82. The van der Waals surface area contributed by atoms with Gasteiger partial charge in [-0.2, -0.15) is 0 Å². The van der Waals surface area contributed by atoms with Gasteiger partial charge in [0.25, 0.3) is 15.9 Å². The number of nitrogens with one attached hydrogen (secondary N) is 2. The summed E-state index contributed by atoms with van der Waals surface area (Å²) in [6, 6.07) is 17.2. The van der Waals surface area contributed by atoms with E-state index >= 15 is 0 Å². The van der Waals surface area contributed by atoms with Crippen LogP contribution in [0.15, 0.2) is 71.6 Å². The highest BCUT2D eigenvalue weighted by molar-refractivity contribution is 7.92. The van der Waals surface area contributed by atoms with Gasteiger partial charge in [-0.3, -0.25) is 9.52 Å². The van der Waals surface area contributed by atoms with Crippen molar-refractivity contribution in [2.75, 3.05) is 30.4 Å². The van der Waals surface area contributed by atoms with Crippen LogP contribution in [0.1, 0.15) is 22.8 Å². The molecule has 9 nitrogen and oxygen atoms in total. The van der Waals surface area contributed by atoms with E-state index in [0.29, 0.717) is 40.6 Å². The molecule has 0 aliphatic heterocycles. The van der Waals surface area contributed by atoms with Crippen molar-refractivity contribution in [3.63, 3.8) is 0 Å². The second-order valence-corrected chi connectivity index (χ2v) is 9.08. The number of hydrogen-bond donors (Lipinski definition) is 2. The molecule has 3 rings (SSSR count). The fourth-order valence-corrected chi connectivity index (χ4v) is 4.24. The van der Waals surface area contributed by atoms with Crippen LogP contribution in [0.25, 0.3) is 0 Å². The average Bonchev–Trinajstić information content (AvgIpc) is 2.84. The van der Waals surface area contributed by atoms with Crippen molar-refractivity contribution in [2.24, 2.45) is 0 Å². The van der Waals surface area contributed by atoms with E-state index in [-0.39, 0.29) is 11.5 Å². The third-order valence-corrected chi connectivity index (χ3v) is 6.20. The smallest absolute Gasteiger partial charge is 0.337 e. The molecule has 0 aromatic heterocycles. The molecule has 3 aromatic carbocycles. The van der Waals surface area contributed by atoms with E-state index in [2.05, 4.69) is 14.8 Å². The van der Waals surface area contributed by atoms with E-state index < -0.39 is 21.9 Å². The van der Waals surface area contributed by atoms with E-state index in [1.165, 1.54) is 37.4 Å². The summed E-state index contributed by atoms with van der Waals surface area (Å²) in [5.74, 6) is 0.141. The van der Waals surface area contributed by atoms with Gasteiger partial charge in [-0.05, 0) is 86.1 Å². The number of aryl methyl sites for hydroxylation is 1. The molecule has 0 saturated carbocycles. The summed E-state index contributed by atoms with van der Waals surface area (Å²) in [4.78, 5) is 23.8. The van der Waals surface area contributed by atoms with E-state index in [1.54, 1.807) is 43.3 Å². The molecule has 0 fully saturated rings. The lowest BCUT2D eigenvalue weighted by molar-refractivity contribution is -0.118. The number of benzene rings is 3. The molecule has 2 N–H and O–H groups in total. The number of anilines is 2. The highest BCUT2D eigenvalue weighted by Gasteiger charge is 2.16. The summed E-state index contributed by atoms with van der Waals surface area (Å²) in [7, 11) is -2.53. The molecule has 184 valence electrons. The van der Waals surface area contributed by atoms with E-state index in [0.717, 1.165) is 0 Å². The number of rotatable bonds is 10. The molecule has 1 amide bonds. The highest BCUT2D eigenvalue weighted by atomic mass is 32.2. The Morgan fingerprint density at radius 1 is 0.886 bits per heavy atom. The van der Waals surface area contributed by atoms with Crippen molar-refractivity contribution >= 4 is 33.3 Å². The number of carbonyl (C=O) groups excluding carboxylic acids is 2. The predicted molar refractivity (Wildman–Crippen MR) is 132 cm³/mol. The predicted octanol–water partition coefficient (Wildman–Crippen LogP) is 4.00. The Balaban J connectivity index is 1.59. The zero-order chi connectivity index (χ0) is 25.4. The van der Waals surface area contributed by atoms with E-state index in [1.807, 2.05) is 6.92 Å². The van der Waals surface area contributed by atoms with Crippen LogP contribution in [0.5, 0.6) is 11.5 Å². The molecule has 0 atom stereocenters. The summed E-state index contributed by atoms with van der Waals surface area (Å²) in [5.41, 5.74) is 1.81. The lowest BCUT2D eigenvalue weighted by Crippen LogP contribution is -2.20. The SMILES string of the molecule is CCOc1ccc(NS(=O)(=O)c2ccc(OCC(=O)Nc3ccc(C(=O)OC)cc3)c(C)c2)cc1. The molecule has 0 saturated heterocycles. The largest absolute Gasteiger partial charge is 0.494 e. The second kappa shape index (κ2) is 11.4. The van der Waals surface area contributed by atoms with Gasteiger partial charge in [-0.25, -0.2) is 13.2 Å². The van der Waals surface area contributed by atoms with Crippen LogP contribution in [-0.2, 0) is 19.6 Å². The molecule has 35 heavy (non-hydrogen) atoms. The van der Waals surface area contributed by atoms with Crippen molar-refractivity contribution < 1.29 is 32.2 Å². The molecule has 0 spiro atoms. The second-order valence-electron chi connectivity index (χ2n) is 7.40. The molecular formula is C25H26N2O7S. The van der Waals surface area contributed by atoms with Gasteiger partial charge in [0, 0.05) is 11.4 Å². The fraction of sp³-hybridized carbons (Fsp3) is 0.200. The van der Waals surface area contributed by atoms with Gasteiger partial charge in [-0.1, -0.05) is 0 Å². The fourth-order valence-electron chi connectivity index (χ4n) is 3.10. The summed E-state index contributed by atoms with van der Waals surface area (Å²) in [5, 5.41) is 2.66. The minimum Gasteiger partial charge on any atom is -0.494 e.